The topological polar surface area (TPSA) is 97.2 Å². The molecule has 1 heterocycles. The SMILES string of the molecule is Nc1cc(C(F)(F)F)ccc1C(=O)OCC(=O)NCCc1c[nH]c2ccccc12. The first-order valence-electron chi connectivity index (χ1n) is 8.71. The van der Waals surface area contributed by atoms with Crippen LogP contribution in [0.15, 0.2) is 48.7 Å². The van der Waals surface area contributed by atoms with E-state index in [4.69, 9.17) is 10.5 Å². The van der Waals surface area contributed by atoms with Crippen molar-refractivity contribution in [2.45, 2.75) is 12.6 Å². The van der Waals surface area contributed by atoms with E-state index in [9.17, 15) is 22.8 Å². The van der Waals surface area contributed by atoms with E-state index in [1.807, 2.05) is 30.5 Å². The van der Waals surface area contributed by atoms with Crippen LogP contribution in [0.1, 0.15) is 21.5 Å². The van der Waals surface area contributed by atoms with Gasteiger partial charge in [0.2, 0.25) is 0 Å². The molecule has 152 valence electrons. The predicted octanol–water partition coefficient (Wildman–Crippen LogP) is 3.28. The largest absolute Gasteiger partial charge is 0.452 e. The van der Waals surface area contributed by atoms with Crippen LogP contribution in [0.3, 0.4) is 0 Å². The maximum absolute atomic E-state index is 12.6. The van der Waals surface area contributed by atoms with Crippen molar-refractivity contribution in [3.8, 4) is 0 Å². The molecule has 0 atom stereocenters. The summed E-state index contributed by atoms with van der Waals surface area (Å²) < 4.78 is 42.7. The van der Waals surface area contributed by atoms with Crippen molar-refractivity contribution in [1.82, 2.24) is 10.3 Å². The zero-order valence-electron chi connectivity index (χ0n) is 15.2. The number of fused-ring (bicyclic) bond motifs is 1. The van der Waals surface area contributed by atoms with Gasteiger partial charge in [0.1, 0.15) is 0 Å². The average molecular weight is 405 g/mol. The van der Waals surface area contributed by atoms with Crippen molar-refractivity contribution in [1.29, 1.82) is 0 Å². The molecule has 0 aliphatic heterocycles. The normalized spacial score (nSPS) is 11.4. The highest BCUT2D eigenvalue weighted by Crippen LogP contribution is 2.31. The Balaban J connectivity index is 1.48. The number of nitrogen functional groups attached to an aromatic ring is 1. The third-order valence-electron chi connectivity index (χ3n) is 4.32. The Morgan fingerprint density at radius 3 is 2.62 bits per heavy atom. The van der Waals surface area contributed by atoms with Gasteiger partial charge in [-0.2, -0.15) is 13.2 Å². The highest BCUT2D eigenvalue weighted by Gasteiger charge is 2.31. The Morgan fingerprint density at radius 1 is 1.14 bits per heavy atom. The van der Waals surface area contributed by atoms with Gasteiger partial charge in [-0.25, -0.2) is 4.79 Å². The molecule has 1 aromatic heterocycles. The molecule has 0 radical (unpaired) electrons. The minimum Gasteiger partial charge on any atom is -0.452 e. The lowest BCUT2D eigenvalue weighted by Gasteiger charge is -2.11. The molecule has 9 heteroatoms. The number of benzene rings is 2. The van der Waals surface area contributed by atoms with E-state index in [2.05, 4.69) is 10.3 Å². The van der Waals surface area contributed by atoms with E-state index in [1.54, 1.807) is 0 Å². The van der Waals surface area contributed by atoms with Gasteiger partial charge in [0.05, 0.1) is 11.1 Å². The molecular formula is C20H18F3N3O3. The molecular weight excluding hydrogens is 387 g/mol. The molecule has 3 rings (SSSR count). The molecule has 0 spiro atoms. The number of nitrogens with one attached hydrogen (secondary N) is 2. The van der Waals surface area contributed by atoms with Gasteiger partial charge in [0.25, 0.3) is 5.91 Å². The molecule has 6 nitrogen and oxygen atoms in total. The summed E-state index contributed by atoms with van der Waals surface area (Å²) >= 11 is 0. The van der Waals surface area contributed by atoms with Crippen LogP contribution in [0.5, 0.6) is 0 Å². The van der Waals surface area contributed by atoms with Crippen molar-refractivity contribution in [3.63, 3.8) is 0 Å². The molecule has 0 bridgehead atoms. The third kappa shape index (κ3) is 4.87. The average Bonchev–Trinajstić information content (AvgIpc) is 3.08. The maximum Gasteiger partial charge on any atom is 0.416 e. The van der Waals surface area contributed by atoms with Crippen LogP contribution in [0.25, 0.3) is 10.9 Å². The summed E-state index contributed by atoms with van der Waals surface area (Å²) in [4.78, 5) is 27.0. The highest BCUT2D eigenvalue weighted by atomic mass is 19.4. The number of carbonyl (C=O) groups is 2. The number of para-hydroxylation sites is 1. The number of aromatic amines is 1. The lowest BCUT2D eigenvalue weighted by atomic mass is 10.1. The van der Waals surface area contributed by atoms with Crippen molar-refractivity contribution in [2.75, 3.05) is 18.9 Å². The summed E-state index contributed by atoms with van der Waals surface area (Å²) in [6.45, 7) is -0.228. The molecule has 29 heavy (non-hydrogen) atoms. The highest BCUT2D eigenvalue weighted by molar-refractivity contribution is 5.96. The molecule has 0 aliphatic rings. The van der Waals surface area contributed by atoms with Crippen LogP contribution in [-0.4, -0.2) is 30.0 Å². The fourth-order valence-corrected chi connectivity index (χ4v) is 2.86. The summed E-state index contributed by atoms with van der Waals surface area (Å²) in [5.41, 5.74) is 5.96. The number of hydrogen-bond acceptors (Lipinski definition) is 4. The lowest BCUT2D eigenvalue weighted by molar-refractivity contribution is -0.137. The molecule has 3 aromatic rings. The van der Waals surface area contributed by atoms with Crippen LogP contribution < -0.4 is 11.1 Å². The van der Waals surface area contributed by atoms with E-state index >= 15 is 0 Å². The molecule has 0 saturated heterocycles. The standard InChI is InChI=1S/C20H18F3N3O3/c21-20(22,23)13-5-6-15(16(24)9-13)19(28)29-11-18(27)25-8-7-12-10-26-17-4-2-1-3-14(12)17/h1-6,9-10,26H,7-8,11,24H2,(H,25,27). The number of esters is 1. The number of rotatable bonds is 6. The van der Waals surface area contributed by atoms with Gasteiger partial charge < -0.3 is 20.8 Å². The molecule has 2 aromatic carbocycles. The fraction of sp³-hybridized carbons (Fsp3) is 0.200. The van der Waals surface area contributed by atoms with Crippen molar-refractivity contribution < 1.29 is 27.5 Å². The van der Waals surface area contributed by atoms with Crippen molar-refractivity contribution >= 4 is 28.5 Å². The zero-order valence-corrected chi connectivity index (χ0v) is 15.2. The number of carbonyl (C=O) groups excluding carboxylic acids is 2. The number of nitrogens with two attached hydrogens (primary N) is 1. The summed E-state index contributed by atoms with van der Waals surface area (Å²) in [5, 5.41) is 3.69. The maximum atomic E-state index is 12.6. The lowest BCUT2D eigenvalue weighted by Crippen LogP contribution is -2.30. The Morgan fingerprint density at radius 2 is 1.90 bits per heavy atom. The monoisotopic (exact) mass is 405 g/mol. The van der Waals surface area contributed by atoms with Gasteiger partial charge in [0, 0.05) is 29.3 Å². The van der Waals surface area contributed by atoms with Gasteiger partial charge in [-0.15, -0.1) is 0 Å². The Hall–Kier alpha value is -3.49. The first-order valence-corrected chi connectivity index (χ1v) is 8.71. The second-order valence-corrected chi connectivity index (χ2v) is 6.34. The zero-order chi connectivity index (χ0) is 21.0. The van der Waals surface area contributed by atoms with Gasteiger partial charge in [-0.1, -0.05) is 18.2 Å². The van der Waals surface area contributed by atoms with Crippen LogP contribution >= 0.6 is 0 Å². The van der Waals surface area contributed by atoms with Crippen LogP contribution in [-0.2, 0) is 22.1 Å². The van der Waals surface area contributed by atoms with Crippen LogP contribution in [0.4, 0.5) is 18.9 Å². The Kier molecular flexibility index (Phi) is 5.76. The molecule has 0 unspecified atom stereocenters. The van der Waals surface area contributed by atoms with Crippen LogP contribution in [0.2, 0.25) is 0 Å². The number of halogens is 3. The summed E-state index contributed by atoms with van der Waals surface area (Å²) in [6, 6.07) is 10.1. The summed E-state index contributed by atoms with van der Waals surface area (Å²) in [6.07, 6.45) is -2.12. The number of aromatic nitrogens is 1. The molecule has 4 N–H and O–H groups in total. The number of ether oxygens (including phenoxy) is 1. The molecule has 1 amide bonds. The summed E-state index contributed by atoms with van der Waals surface area (Å²) in [7, 11) is 0. The molecule has 0 fully saturated rings. The third-order valence-corrected chi connectivity index (χ3v) is 4.32. The number of anilines is 1. The van der Waals surface area contributed by atoms with E-state index in [0.29, 0.717) is 19.0 Å². The first kappa shape index (κ1) is 20.2. The molecule has 0 saturated carbocycles. The first-order chi connectivity index (χ1) is 13.8. The van der Waals surface area contributed by atoms with Crippen LogP contribution in [0, 0.1) is 0 Å². The Bertz CT molecular complexity index is 1040. The van der Waals surface area contributed by atoms with E-state index < -0.39 is 30.2 Å². The quantitative estimate of drug-likeness (QED) is 0.433. The van der Waals surface area contributed by atoms with Gasteiger partial charge in [0.15, 0.2) is 6.61 Å². The number of hydrogen-bond donors (Lipinski definition) is 3. The van der Waals surface area contributed by atoms with Gasteiger partial charge in [-0.3, -0.25) is 4.79 Å². The second-order valence-electron chi connectivity index (χ2n) is 6.34. The smallest absolute Gasteiger partial charge is 0.416 e. The minimum absolute atomic E-state index is 0.232. The molecule has 0 aliphatic carbocycles. The van der Waals surface area contributed by atoms with E-state index in [1.165, 1.54) is 0 Å². The predicted molar refractivity (Wildman–Crippen MR) is 101 cm³/mol. The number of H-pyrrole nitrogens is 1. The minimum atomic E-state index is -4.57. The van der Waals surface area contributed by atoms with E-state index in [0.717, 1.165) is 28.6 Å². The fourth-order valence-electron chi connectivity index (χ4n) is 2.86. The Labute approximate surface area is 163 Å². The van der Waals surface area contributed by atoms with Gasteiger partial charge >= 0.3 is 12.1 Å². The van der Waals surface area contributed by atoms with E-state index in [-0.39, 0.29) is 11.3 Å². The second kappa shape index (κ2) is 8.26. The van der Waals surface area contributed by atoms with Crippen molar-refractivity contribution in [3.05, 3.63) is 65.4 Å². The van der Waals surface area contributed by atoms with Gasteiger partial charge in [-0.05, 0) is 36.2 Å². The summed E-state index contributed by atoms with van der Waals surface area (Å²) in [5.74, 6) is -1.49. The number of amides is 1. The van der Waals surface area contributed by atoms with Crippen molar-refractivity contribution in [2.24, 2.45) is 0 Å². The number of alkyl halides is 3.